The fourth-order valence-electron chi connectivity index (χ4n) is 8.79. The second kappa shape index (κ2) is 25.1. The maximum atomic E-state index is 13.3. The first-order valence-electron chi connectivity index (χ1n) is 23.5. The van der Waals surface area contributed by atoms with E-state index in [0.29, 0.717) is 109 Å². The molecule has 0 fully saturated rings. The second-order valence-electron chi connectivity index (χ2n) is 16.9. The average molecular weight is 935 g/mol. The number of hydrogen-bond acceptors (Lipinski definition) is 12. The van der Waals surface area contributed by atoms with Crippen LogP contribution in [0.15, 0.2) is 60.7 Å². The molecular weight excluding hydrogens is 865 g/mol. The Labute approximate surface area is 402 Å². The molecule has 0 aliphatic heterocycles. The summed E-state index contributed by atoms with van der Waals surface area (Å²) < 4.78 is 61.7. The molecule has 13 heteroatoms. The van der Waals surface area contributed by atoms with Crippen LogP contribution in [0.4, 0.5) is 0 Å². The van der Waals surface area contributed by atoms with Crippen molar-refractivity contribution < 1.29 is 52.2 Å². The molecule has 366 valence electrons. The standard InChI is InChI=1S/C55H70N2O11/c1-10-11-18-67-53-32-44-23-42-31-50(64-7)40(29-52(42)66-9)21-38-27-46(60-3)36(25-48(38)62-5)19-35-24-47(61-4)37(26-45(35)59-2)20-39-28-51(65-8)41(30-49(39)63-6)22-43(53)33-54(44)68-34-55(58)57-17-15-13-12-14-16-56/h24-33H,10-23,34,56H2,1-9H3,(H,57,58). The fraction of sp³-hybridized carbons (Fsp3) is 0.436. The Balaban J connectivity index is 1.55. The lowest BCUT2D eigenvalue weighted by atomic mass is 9.94. The van der Waals surface area contributed by atoms with Crippen LogP contribution in [0.25, 0.3) is 0 Å². The summed E-state index contributed by atoms with van der Waals surface area (Å²) in [6, 6.07) is 20.1. The molecule has 15 rings (SSSR count). The second-order valence-corrected chi connectivity index (χ2v) is 16.9. The molecule has 13 nitrogen and oxygen atoms in total. The van der Waals surface area contributed by atoms with E-state index in [1.807, 2.05) is 60.7 Å². The number of carbonyl (C=O) groups is 1. The summed E-state index contributed by atoms with van der Waals surface area (Å²) in [5.74, 6) is 6.49. The van der Waals surface area contributed by atoms with Gasteiger partial charge in [-0.3, -0.25) is 4.79 Å². The van der Waals surface area contributed by atoms with Crippen molar-refractivity contribution in [2.24, 2.45) is 5.73 Å². The van der Waals surface area contributed by atoms with Gasteiger partial charge in [0.15, 0.2) is 6.61 Å². The van der Waals surface area contributed by atoms with Gasteiger partial charge in [-0.15, -0.1) is 0 Å². The van der Waals surface area contributed by atoms with Crippen LogP contribution in [0.3, 0.4) is 0 Å². The van der Waals surface area contributed by atoms with E-state index >= 15 is 0 Å². The van der Waals surface area contributed by atoms with E-state index in [2.05, 4.69) is 12.2 Å². The largest absolute Gasteiger partial charge is 0.496 e. The van der Waals surface area contributed by atoms with Crippen molar-refractivity contribution >= 4 is 5.91 Å². The van der Waals surface area contributed by atoms with Crippen LogP contribution >= 0.6 is 0 Å². The van der Waals surface area contributed by atoms with Gasteiger partial charge in [-0.25, -0.2) is 0 Å². The van der Waals surface area contributed by atoms with Crippen molar-refractivity contribution in [2.75, 3.05) is 83.2 Å². The van der Waals surface area contributed by atoms with Gasteiger partial charge in [-0.2, -0.15) is 0 Å². The molecule has 0 unspecified atom stereocenters. The summed E-state index contributed by atoms with van der Waals surface area (Å²) in [7, 11) is 13.3. The first-order valence-corrected chi connectivity index (χ1v) is 23.5. The van der Waals surface area contributed by atoms with E-state index in [4.69, 9.17) is 53.1 Å². The Kier molecular flexibility index (Phi) is 18.8. The monoisotopic (exact) mass is 934 g/mol. The maximum Gasteiger partial charge on any atom is 0.257 e. The Morgan fingerprint density at radius 1 is 0.412 bits per heavy atom. The summed E-state index contributed by atoms with van der Waals surface area (Å²) in [5, 5.41) is 3.03. The lowest BCUT2D eigenvalue weighted by molar-refractivity contribution is -0.123. The topological polar surface area (TPSA) is 147 Å². The minimum absolute atomic E-state index is 0.171. The van der Waals surface area contributed by atoms with E-state index in [0.717, 1.165) is 94.2 Å². The van der Waals surface area contributed by atoms with Gasteiger partial charge >= 0.3 is 0 Å². The quantitative estimate of drug-likeness (QED) is 0.0664. The molecule has 0 atom stereocenters. The number of nitrogens with two attached hydrogens (primary N) is 1. The molecule has 5 aromatic rings. The molecule has 0 aromatic heterocycles. The highest BCUT2D eigenvalue weighted by molar-refractivity contribution is 5.77. The summed E-state index contributed by atoms with van der Waals surface area (Å²) in [4.78, 5) is 13.3. The summed E-state index contributed by atoms with van der Waals surface area (Å²) in [6.07, 6.45) is 7.89. The molecule has 3 N–H and O–H groups in total. The van der Waals surface area contributed by atoms with Gasteiger partial charge in [0.05, 0.1) is 63.5 Å². The molecule has 68 heavy (non-hydrogen) atoms. The minimum atomic E-state index is -0.204. The third kappa shape index (κ3) is 12.5. The molecule has 0 saturated carbocycles. The zero-order valence-corrected chi connectivity index (χ0v) is 41.4. The smallest absolute Gasteiger partial charge is 0.257 e. The molecule has 10 bridgehead atoms. The van der Waals surface area contributed by atoms with Crippen molar-refractivity contribution in [1.82, 2.24) is 5.32 Å². The van der Waals surface area contributed by atoms with Crippen molar-refractivity contribution in [3.8, 4) is 57.5 Å². The number of amides is 1. The number of nitrogens with one attached hydrogen (secondary N) is 1. The normalized spacial score (nSPS) is 12.0. The third-order valence-electron chi connectivity index (χ3n) is 12.4. The lowest BCUT2D eigenvalue weighted by Crippen LogP contribution is -2.29. The molecule has 0 spiro atoms. The molecule has 0 heterocycles. The summed E-state index contributed by atoms with van der Waals surface area (Å²) >= 11 is 0. The van der Waals surface area contributed by atoms with Gasteiger partial charge in [0.25, 0.3) is 5.91 Å². The van der Waals surface area contributed by atoms with Crippen molar-refractivity contribution in [2.45, 2.75) is 77.6 Å². The van der Waals surface area contributed by atoms with E-state index in [1.54, 1.807) is 56.9 Å². The number of rotatable bonds is 21. The SMILES string of the molecule is CCCCOc1cc2c(OCC(=O)NCCCCCCN)cc1Cc1cc(OC)c(cc1OC)Cc1cc(OC)c(cc1OC)Cc1cc(OC)c(cc1OC)Cc1cc(OC)c(cc1OC)C2. The summed E-state index contributed by atoms with van der Waals surface area (Å²) in [6.45, 7) is 3.71. The first kappa shape index (κ1) is 50.9. The molecular formula is C55H70N2O11. The Morgan fingerprint density at radius 3 is 0.985 bits per heavy atom. The van der Waals surface area contributed by atoms with Crippen LogP contribution < -0.4 is 58.4 Å². The summed E-state index contributed by atoms with van der Waals surface area (Å²) in [5.41, 5.74) is 14.5. The number of carbonyl (C=O) groups excluding carboxylic acids is 1. The Bertz CT molecular complexity index is 2490. The number of unbranched alkanes of at least 4 members (excludes halogenated alkanes) is 4. The van der Waals surface area contributed by atoms with Crippen LogP contribution in [0.5, 0.6) is 57.5 Å². The predicted octanol–water partition coefficient (Wildman–Crippen LogP) is 9.22. The van der Waals surface area contributed by atoms with Crippen LogP contribution in [0.1, 0.15) is 101 Å². The van der Waals surface area contributed by atoms with Gasteiger partial charge in [-0.1, -0.05) is 26.2 Å². The van der Waals surface area contributed by atoms with Crippen LogP contribution in [0.2, 0.25) is 0 Å². The van der Waals surface area contributed by atoms with Crippen molar-refractivity contribution in [3.63, 3.8) is 0 Å². The number of ether oxygens (including phenoxy) is 10. The molecule has 0 radical (unpaired) electrons. The molecule has 1 amide bonds. The Hall–Kier alpha value is -6.47. The third-order valence-corrected chi connectivity index (χ3v) is 12.4. The zero-order chi connectivity index (χ0) is 48.6. The minimum Gasteiger partial charge on any atom is -0.496 e. The van der Waals surface area contributed by atoms with E-state index < -0.39 is 0 Å². The van der Waals surface area contributed by atoms with Gasteiger partial charge in [0, 0.05) is 94.3 Å². The van der Waals surface area contributed by atoms with Crippen LogP contribution in [-0.4, -0.2) is 89.1 Å². The highest BCUT2D eigenvalue weighted by Gasteiger charge is 2.24. The van der Waals surface area contributed by atoms with E-state index in [9.17, 15) is 4.79 Å². The van der Waals surface area contributed by atoms with Gasteiger partial charge < -0.3 is 58.4 Å². The predicted molar refractivity (Wildman–Crippen MR) is 265 cm³/mol. The number of hydrogen-bond donors (Lipinski definition) is 2. The Morgan fingerprint density at radius 2 is 0.691 bits per heavy atom. The van der Waals surface area contributed by atoms with Crippen LogP contribution in [0, 0.1) is 0 Å². The maximum absolute atomic E-state index is 13.3. The average Bonchev–Trinajstić information content (AvgIpc) is 3.35. The molecule has 5 aromatic carbocycles. The van der Waals surface area contributed by atoms with Crippen LogP contribution in [-0.2, 0) is 36.9 Å². The zero-order valence-electron chi connectivity index (χ0n) is 41.4. The van der Waals surface area contributed by atoms with Crippen molar-refractivity contribution in [1.29, 1.82) is 0 Å². The highest BCUT2D eigenvalue weighted by Crippen LogP contribution is 2.42. The lowest BCUT2D eigenvalue weighted by Gasteiger charge is -2.21. The van der Waals surface area contributed by atoms with Gasteiger partial charge in [-0.05, 0) is 86.5 Å². The molecule has 10 aliphatic carbocycles. The number of methoxy groups -OCH3 is 8. The van der Waals surface area contributed by atoms with Crippen molar-refractivity contribution in [3.05, 3.63) is 116 Å². The molecule has 10 aliphatic rings. The first-order chi connectivity index (χ1) is 33.1. The van der Waals surface area contributed by atoms with E-state index in [1.165, 1.54) is 0 Å². The fourth-order valence-corrected chi connectivity index (χ4v) is 8.79. The highest BCUT2D eigenvalue weighted by atomic mass is 16.5. The van der Waals surface area contributed by atoms with Gasteiger partial charge in [0.2, 0.25) is 0 Å². The van der Waals surface area contributed by atoms with Gasteiger partial charge in [0.1, 0.15) is 57.5 Å². The molecule has 0 saturated heterocycles. The van der Waals surface area contributed by atoms with E-state index in [-0.39, 0.29) is 12.5 Å². The number of benzene rings is 5.